The summed E-state index contributed by atoms with van der Waals surface area (Å²) in [6, 6.07) is 18.3. The van der Waals surface area contributed by atoms with Crippen LogP contribution in [0.5, 0.6) is 5.75 Å². The molecule has 0 fully saturated rings. The second-order valence-corrected chi connectivity index (χ2v) is 6.25. The van der Waals surface area contributed by atoms with E-state index in [0.29, 0.717) is 5.84 Å². The normalized spacial score (nSPS) is 11.4. The minimum absolute atomic E-state index is 0.320. The zero-order valence-electron chi connectivity index (χ0n) is 14.9. The molecule has 4 nitrogen and oxygen atoms in total. The maximum absolute atomic E-state index is 5.78. The standard InChI is InChI=1S/C21H29N3O/c22-21(24-23)19-14-10-15-20(17-19)25-16-9-4-2-1-3-6-11-18-12-7-5-8-13-18/h5,7-8,10,12-15,17H,1-4,6,9,11,16,23H2,(H2,22,24). The van der Waals surface area contributed by atoms with Gasteiger partial charge in [0.2, 0.25) is 0 Å². The van der Waals surface area contributed by atoms with Crippen molar-refractivity contribution in [3.05, 3.63) is 65.7 Å². The van der Waals surface area contributed by atoms with Gasteiger partial charge in [0.25, 0.3) is 0 Å². The van der Waals surface area contributed by atoms with Crippen LogP contribution >= 0.6 is 0 Å². The molecule has 0 aliphatic carbocycles. The molecular formula is C21H29N3O. The highest BCUT2D eigenvalue weighted by Crippen LogP contribution is 2.14. The Morgan fingerprint density at radius 3 is 2.32 bits per heavy atom. The Kier molecular flexibility index (Phi) is 8.39. The Labute approximate surface area is 150 Å². The largest absolute Gasteiger partial charge is 0.494 e. The molecule has 0 atom stereocenters. The SMILES string of the molecule is N/N=C(\N)c1cccc(OCCCCCCCCc2ccccc2)c1. The average molecular weight is 339 g/mol. The van der Waals surface area contributed by atoms with Crippen LogP contribution in [0.4, 0.5) is 0 Å². The highest BCUT2D eigenvalue weighted by Gasteiger charge is 2.01. The van der Waals surface area contributed by atoms with E-state index in [1.54, 1.807) is 0 Å². The molecule has 0 aliphatic rings. The highest BCUT2D eigenvalue weighted by atomic mass is 16.5. The number of ether oxygens (including phenoxy) is 1. The lowest BCUT2D eigenvalue weighted by atomic mass is 10.1. The molecule has 2 aromatic rings. The Morgan fingerprint density at radius 2 is 1.56 bits per heavy atom. The molecule has 2 rings (SSSR count). The molecule has 0 aliphatic heterocycles. The van der Waals surface area contributed by atoms with Crippen molar-refractivity contribution < 1.29 is 4.74 Å². The van der Waals surface area contributed by atoms with E-state index in [4.69, 9.17) is 16.3 Å². The van der Waals surface area contributed by atoms with Crippen molar-refractivity contribution in [2.24, 2.45) is 16.7 Å². The van der Waals surface area contributed by atoms with Crippen LogP contribution in [0.15, 0.2) is 59.7 Å². The summed E-state index contributed by atoms with van der Waals surface area (Å²) < 4.78 is 5.78. The van der Waals surface area contributed by atoms with Gasteiger partial charge in [0.1, 0.15) is 11.6 Å². The summed E-state index contributed by atoms with van der Waals surface area (Å²) in [4.78, 5) is 0. The number of aryl methyl sites for hydroxylation is 1. The van der Waals surface area contributed by atoms with Crippen LogP contribution in [0.25, 0.3) is 0 Å². The van der Waals surface area contributed by atoms with Crippen LogP contribution in [0.2, 0.25) is 0 Å². The summed E-state index contributed by atoms with van der Waals surface area (Å²) in [5.41, 5.74) is 7.94. The van der Waals surface area contributed by atoms with Crippen molar-refractivity contribution in [3.8, 4) is 5.75 Å². The first-order valence-corrected chi connectivity index (χ1v) is 9.10. The van der Waals surface area contributed by atoms with Gasteiger partial charge in [0.05, 0.1) is 6.61 Å². The fourth-order valence-corrected chi connectivity index (χ4v) is 2.79. The summed E-state index contributed by atoms with van der Waals surface area (Å²) in [5, 5.41) is 3.50. The van der Waals surface area contributed by atoms with Crippen LogP contribution in [0.3, 0.4) is 0 Å². The molecule has 134 valence electrons. The van der Waals surface area contributed by atoms with E-state index in [2.05, 4.69) is 35.4 Å². The minimum Gasteiger partial charge on any atom is -0.494 e. The number of hydrogen-bond donors (Lipinski definition) is 2. The zero-order chi connectivity index (χ0) is 17.7. The smallest absolute Gasteiger partial charge is 0.150 e. The van der Waals surface area contributed by atoms with Gasteiger partial charge in [-0.15, -0.1) is 0 Å². The summed E-state index contributed by atoms with van der Waals surface area (Å²) in [5.74, 6) is 6.33. The van der Waals surface area contributed by atoms with Gasteiger partial charge >= 0.3 is 0 Å². The molecule has 4 heteroatoms. The number of hydrogen-bond acceptors (Lipinski definition) is 3. The molecule has 0 radical (unpaired) electrons. The predicted octanol–water partition coefficient (Wildman–Crippen LogP) is 4.23. The second kappa shape index (κ2) is 11.1. The molecule has 0 aromatic heterocycles. The van der Waals surface area contributed by atoms with Gasteiger partial charge in [-0.2, -0.15) is 5.10 Å². The van der Waals surface area contributed by atoms with Gasteiger partial charge in [-0.25, -0.2) is 0 Å². The number of amidine groups is 1. The Morgan fingerprint density at radius 1 is 0.840 bits per heavy atom. The minimum atomic E-state index is 0.320. The molecule has 25 heavy (non-hydrogen) atoms. The van der Waals surface area contributed by atoms with E-state index in [-0.39, 0.29) is 0 Å². The number of unbranched alkanes of at least 4 members (excludes halogenated alkanes) is 5. The summed E-state index contributed by atoms with van der Waals surface area (Å²) in [7, 11) is 0. The fraction of sp³-hybridized carbons (Fsp3) is 0.381. The van der Waals surface area contributed by atoms with Crippen LogP contribution in [-0.2, 0) is 6.42 Å². The average Bonchev–Trinajstić information content (AvgIpc) is 2.67. The summed E-state index contributed by atoms with van der Waals surface area (Å²) >= 11 is 0. The van der Waals surface area contributed by atoms with Crippen molar-refractivity contribution in [2.75, 3.05) is 6.61 Å². The Balaban J connectivity index is 1.51. The first kappa shape index (κ1) is 18.8. The number of nitrogens with zero attached hydrogens (tertiary/aromatic N) is 1. The molecule has 0 heterocycles. The Bertz CT molecular complexity index is 641. The van der Waals surface area contributed by atoms with E-state index in [1.165, 1.54) is 44.1 Å². The van der Waals surface area contributed by atoms with Crippen LogP contribution in [-0.4, -0.2) is 12.4 Å². The monoisotopic (exact) mass is 339 g/mol. The lowest BCUT2D eigenvalue weighted by molar-refractivity contribution is 0.304. The molecule has 4 N–H and O–H groups in total. The van der Waals surface area contributed by atoms with E-state index < -0.39 is 0 Å². The van der Waals surface area contributed by atoms with Crippen molar-refractivity contribution in [3.63, 3.8) is 0 Å². The maximum Gasteiger partial charge on any atom is 0.150 e. The lowest BCUT2D eigenvalue weighted by Gasteiger charge is -2.08. The van der Waals surface area contributed by atoms with E-state index in [9.17, 15) is 0 Å². The van der Waals surface area contributed by atoms with Gasteiger partial charge in [-0.05, 0) is 37.0 Å². The van der Waals surface area contributed by atoms with Gasteiger partial charge < -0.3 is 16.3 Å². The predicted molar refractivity (Wildman–Crippen MR) is 105 cm³/mol. The number of rotatable bonds is 11. The number of hydrazone groups is 1. The van der Waals surface area contributed by atoms with E-state index in [0.717, 1.165) is 24.3 Å². The molecule has 0 saturated heterocycles. The van der Waals surface area contributed by atoms with Crippen molar-refractivity contribution >= 4 is 5.84 Å². The number of nitrogens with two attached hydrogens (primary N) is 2. The maximum atomic E-state index is 5.78. The third-order valence-corrected chi connectivity index (χ3v) is 4.24. The van der Waals surface area contributed by atoms with Gasteiger partial charge in [-0.3, -0.25) is 0 Å². The third kappa shape index (κ3) is 7.29. The Hall–Kier alpha value is -2.49. The van der Waals surface area contributed by atoms with Crippen molar-refractivity contribution in [1.82, 2.24) is 0 Å². The molecule has 0 saturated carbocycles. The van der Waals surface area contributed by atoms with Crippen LogP contribution in [0.1, 0.15) is 49.7 Å². The van der Waals surface area contributed by atoms with E-state index in [1.807, 2.05) is 24.3 Å². The second-order valence-electron chi connectivity index (χ2n) is 6.25. The first-order chi connectivity index (χ1) is 12.3. The summed E-state index contributed by atoms with van der Waals surface area (Å²) in [6.45, 7) is 0.729. The number of benzene rings is 2. The topological polar surface area (TPSA) is 73.6 Å². The van der Waals surface area contributed by atoms with Crippen molar-refractivity contribution in [2.45, 2.75) is 44.9 Å². The van der Waals surface area contributed by atoms with E-state index >= 15 is 0 Å². The molecule has 0 spiro atoms. The molecule has 0 unspecified atom stereocenters. The molecule has 0 amide bonds. The molecular weight excluding hydrogens is 310 g/mol. The summed E-state index contributed by atoms with van der Waals surface area (Å²) in [6.07, 6.45) is 8.61. The van der Waals surface area contributed by atoms with Gasteiger partial charge in [0.15, 0.2) is 0 Å². The lowest BCUT2D eigenvalue weighted by Crippen LogP contribution is -2.15. The quantitative estimate of drug-likeness (QED) is 0.211. The van der Waals surface area contributed by atoms with Gasteiger partial charge in [-0.1, -0.05) is 68.1 Å². The zero-order valence-corrected chi connectivity index (χ0v) is 14.9. The highest BCUT2D eigenvalue weighted by molar-refractivity contribution is 5.97. The fourth-order valence-electron chi connectivity index (χ4n) is 2.79. The first-order valence-electron chi connectivity index (χ1n) is 9.10. The van der Waals surface area contributed by atoms with Crippen molar-refractivity contribution in [1.29, 1.82) is 0 Å². The third-order valence-electron chi connectivity index (χ3n) is 4.24. The molecule has 2 aromatic carbocycles. The molecule has 0 bridgehead atoms. The van der Waals surface area contributed by atoms with Gasteiger partial charge in [0, 0.05) is 5.56 Å². The van der Waals surface area contributed by atoms with Crippen LogP contribution in [0, 0.1) is 0 Å². The van der Waals surface area contributed by atoms with Crippen LogP contribution < -0.4 is 16.3 Å².